The number of carboxylic acids is 1. The first-order valence-corrected chi connectivity index (χ1v) is 10.3. The molecule has 9 nitrogen and oxygen atoms in total. The number of nitrogens with one attached hydrogen (secondary N) is 3. The summed E-state index contributed by atoms with van der Waals surface area (Å²) in [6.07, 6.45) is -0.943. The van der Waals surface area contributed by atoms with E-state index < -0.39 is 18.2 Å². The SMILES string of the molecule is O=C(O)C(F)(F)F.O=c1[nH]ccc(NCC(O)c2cccc(Br)c2)c1-c1nc2ccncc2[nH]1. The predicted octanol–water partition coefficient (Wildman–Crippen LogP) is 3.85. The van der Waals surface area contributed by atoms with Crippen LogP contribution >= 0.6 is 15.9 Å². The molecule has 0 aliphatic rings. The van der Waals surface area contributed by atoms with E-state index in [2.05, 4.69) is 41.2 Å². The zero-order valence-electron chi connectivity index (χ0n) is 17.1. The molecule has 4 aromatic rings. The van der Waals surface area contributed by atoms with Crippen molar-refractivity contribution in [2.75, 3.05) is 11.9 Å². The van der Waals surface area contributed by atoms with Crippen LogP contribution in [0.15, 0.2) is 64.3 Å². The molecule has 34 heavy (non-hydrogen) atoms. The fourth-order valence-electron chi connectivity index (χ4n) is 2.87. The topological polar surface area (TPSA) is 144 Å². The summed E-state index contributed by atoms with van der Waals surface area (Å²) in [5.74, 6) is -2.31. The van der Waals surface area contributed by atoms with Gasteiger partial charge in [-0.3, -0.25) is 9.78 Å². The first-order valence-electron chi connectivity index (χ1n) is 9.55. The van der Waals surface area contributed by atoms with E-state index in [0.29, 0.717) is 17.1 Å². The Morgan fingerprint density at radius 3 is 2.62 bits per heavy atom. The van der Waals surface area contributed by atoms with Crippen LogP contribution in [0.4, 0.5) is 18.9 Å². The summed E-state index contributed by atoms with van der Waals surface area (Å²) in [5.41, 5.74) is 2.94. The van der Waals surface area contributed by atoms with E-state index in [9.17, 15) is 23.1 Å². The number of H-pyrrole nitrogens is 2. The maximum atomic E-state index is 12.4. The lowest BCUT2D eigenvalue weighted by Crippen LogP contribution is -2.21. The number of hydrogen-bond acceptors (Lipinski definition) is 6. The number of rotatable bonds is 5. The highest BCUT2D eigenvalue weighted by Gasteiger charge is 2.38. The predicted molar refractivity (Wildman–Crippen MR) is 121 cm³/mol. The van der Waals surface area contributed by atoms with Crippen molar-refractivity contribution >= 4 is 38.6 Å². The number of aliphatic carboxylic acids is 1. The van der Waals surface area contributed by atoms with Crippen molar-refractivity contribution in [3.63, 3.8) is 0 Å². The van der Waals surface area contributed by atoms with Crippen LogP contribution in [0.3, 0.4) is 0 Å². The van der Waals surface area contributed by atoms with E-state index >= 15 is 0 Å². The smallest absolute Gasteiger partial charge is 0.475 e. The van der Waals surface area contributed by atoms with Gasteiger partial charge in [-0.05, 0) is 29.8 Å². The van der Waals surface area contributed by atoms with Crippen molar-refractivity contribution in [1.29, 1.82) is 0 Å². The number of aromatic amines is 2. The molecule has 3 aromatic heterocycles. The van der Waals surface area contributed by atoms with Crippen molar-refractivity contribution < 1.29 is 28.2 Å². The van der Waals surface area contributed by atoms with Gasteiger partial charge in [-0.2, -0.15) is 13.2 Å². The van der Waals surface area contributed by atoms with Crippen LogP contribution in [-0.4, -0.2) is 48.8 Å². The number of alkyl halides is 3. The standard InChI is InChI=1S/C19H16BrN5O2.C2HF3O2/c20-12-3-1-2-11(8-12)16(26)10-23-14-5-7-22-19(27)17(14)18-24-13-4-6-21-9-15(13)25-18;3-2(4,5)1(6)7/h1-9,16,26H,10H2,(H,24,25)(H2,22,23,27);(H,6,7). The Hall–Kier alpha value is -3.71. The molecule has 4 rings (SSSR count). The largest absolute Gasteiger partial charge is 0.490 e. The minimum absolute atomic E-state index is 0.245. The van der Waals surface area contributed by atoms with Gasteiger partial charge < -0.3 is 25.5 Å². The van der Waals surface area contributed by atoms with Gasteiger partial charge in [0.15, 0.2) is 0 Å². The molecule has 0 saturated carbocycles. The maximum Gasteiger partial charge on any atom is 0.490 e. The minimum atomic E-state index is -5.08. The summed E-state index contributed by atoms with van der Waals surface area (Å²) in [5, 5.41) is 20.7. The molecule has 0 radical (unpaired) electrons. The molecule has 0 fully saturated rings. The third-order valence-electron chi connectivity index (χ3n) is 4.44. The first-order chi connectivity index (χ1) is 16.1. The molecule has 0 saturated heterocycles. The van der Waals surface area contributed by atoms with Crippen LogP contribution in [0.25, 0.3) is 22.4 Å². The van der Waals surface area contributed by atoms with Crippen molar-refractivity contribution in [1.82, 2.24) is 19.9 Å². The van der Waals surface area contributed by atoms with Crippen LogP contribution in [0.1, 0.15) is 11.7 Å². The summed E-state index contributed by atoms with van der Waals surface area (Å²) < 4.78 is 32.6. The number of aliphatic hydroxyl groups excluding tert-OH is 1. The Labute approximate surface area is 197 Å². The van der Waals surface area contributed by atoms with E-state index in [1.165, 1.54) is 0 Å². The number of fused-ring (bicyclic) bond motifs is 1. The monoisotopic (exact) mass is 539 g/mol. The third-order valence-corrected chi connectivity index (χ3v) is 4.94. The highest BCUT2D eigenvalue weighted by Crippen LogP contribution is 2.25. The molecular weight excluding hydrogens is 523 g/mol. The summed E-state index contributed by atoms with van der Waals surface area (Å²) in [6, 6.07) is 11.0. The number of hydrogen-bond donors (Lipinski definition) is 5. The molecule has 5 N–H and O–H groups in total. The molecule has 0 aliphatic carbocycles. The van der Waals surface area contributed by atoms with E-state index in [-0.39, 0.29) is 12.1 Å². The number of carbonyl (C=O) groups is 1. The molecular formula is C21H17BrF3N5O4. The number of aliphatic hydroxyl groups is 1. The highest BCUT2D eigenvalue weighted by molar-refractivity contribution is 9.10. The Kier molecular flexibility index (Phi) is 7.68. The molecule has 13 heteroatoms. The second kappa shape index (κ2) is 10.5. The number of halogens is 4. The van der Waals surface area contributed by atoms with Crippen molar-refractivity contribution in [2.24, 2.45) is 0 Å². The van der Waals surface area contributed by atoms with Crippen LogP contribution in [0.5, 0.6) is 0 Å². The van der Waals surface area contributed by atoms with Crippen molar-refractivity contribution in [3.05, 3.63) is 75.4 Å². The molecule has 0 bridgehead atoms. The molecule has 0 amide bonds. The maximum absolute atomic E-state index is 12.4. The normalized spacial score (nSPS) is 12.0. The van der Waals surface area contributed by atoms with Crippen molar-refractivity contribution in [3.8, 4) is 11.4 Å². The van der Waals surface area contributed by atoms with Gasteiger partial charge in [-0.25, -0.2) is 9.78 Å². The number of anilines is 1. The summed E-state index contributed by atoms with van der Waals surface area (Å²) in [4.78, 5) is 35.7. The number of aromatic nitrogens is 4. The molecule has 1 aromatic carbocycles. The third kappa shape index (κ3) is 6.20. The quantitative estimate of drug-likeness (QED) is 0.259. The summed E-state index contributed by atoms with van der Waals surface area (Å²) >= 11 is 3.40. The van der Waals surface area contributed by atoms with Gasteiger partial charge in [-0.1, -0.05) is 28.1 Å². The van der Waals surface area contributed by atoms with Gasteiger partial charge in [0.1, 0.15) is 11.4 Å². The Morgan fingerprint density at radius 1 is 1.24 bits per heavy atom. The van der Waals surface area contributed by atoms with Gasteiger partial charge in [0.05, 0.1) is 29.0 Å². The molecule has 1 unspecified atom stereocenters. The highest BCUT2D eigenvalue weighted by atomic mass is 79.9. The lowest BCUT2D eigenvalue weighted by molar-refractivity contribution is -0.192. The minimum Gasteiger partial charge on any atom is -0.475 e. The van der Waals surface area contributed by atoms with Crippen molar-refractivity contribution in [2.45, 2.75) is 12.3 Å². The van der Waals surface area contributed by atoms with Gasteiger partial charge >= 0.3 is 12.1 Å². The van der Waals surface area contributed by atoms with E-state index in [1.54, 1.807) is 30.7 Å². The number of imidazole rings is 1. The number of carboxylic acid groups (broad SMARTS) is 1. The molecule has 0 aliphatic heterocycles. The number of benzene rings is 1. The number of pyridine rings is 2. The van der Waals surface area contributed by atoms with Crippen LogP contribution in [0, 0.1) is 0 Å². The fraction of sp³-hybridized carbons (Fsp3) is 0.143. The Morgan fingerprint density at radius 2 is 1.97 bits per heavy atom. The van der Waals surface area contributed by atoms with Gasteiger partial charge in [0, 0.05) is 23.4 Å². The van der Waals surface area contributed by atoms with E-state index in [4.69, 9.17) is 9.90 Å². The van der Waals surface area contributed by atoms with E-state index in [1.807, 2.05) is 24.3 Å². The zero-order chi connectivity index (χ0) is 24.9. The first kappa shape index (κ1) is 24.9. The average Bonchev–Trinajstić information content (AvgIpc) is 3.21. The molecule has 1 atom stereocenters. The van der Waals surface area contributed by atoms with E-state index in [0.717, 1.165) is 21.1 Å². The Bertz CT molecular complexity index is 1320. The molecule has 178 valence electrons. The lowest BCUT2D eigenvalue weighted by Gasteiger charge is -2.15. The lowest BCUT2D eigenvalue weighted by atomic mass is 10.1. The van der Waals surface area contributed by atoms with Gasteiger partial charge in [0.2, 0.25) is 0 Å². The zero-order valence-corrected chi connectivity index (χ0v) is 18.7. The molecule has 0 spiro atoms. The van der Waals surface area contributed by atoms with Crippen LogP contribution in [-0.2, 0) is 4.79 Å². The average molecular weight is 540 g/mol. The summed E-state index contributed by atoms with van der Waals surface area (Å²) in [6.45, 7) is 0.245. The number of nitrogens with zero attached hydrogens (tertiary/aromatic N) is 2. The fourth-order valence-corrected chi connectivity index (χ4v) is 3.29. The van der Waals surface area contributed by atoms with Gasteiger partial charge in [-0.15, -0.1) is 0 Å². The second-order valence-electron chi connectivity index (χ2n) is 6.83. The molecule has 3 heterocycles. The van der Waals surface area contributed by atoms with Crippen LogP contribution in [0.2, 0.25) is 0 Å². The van der Waals surface area contributed by atoms with Crippen LogP contribution < -0.4 is 10.9 Å². The Balaban J connectivity index is 0.000000406. The van der Waals surface area contributed by atoms with Gasteiger partial charge in [0.25, 0.3) is 5.56 Å². The summed E-state index contributed by atoms with van der Waals surface area (Å²) in [7, 11) is 0. The second-order valence-corrected chi connectivity index (χ2v) is 7.74.